The van der Waals surface area contributed by atoms with Crippen LogP contribution in [0.15, 0.2) is 53.0 Å². The number of nitrogens with one attached hydrogen (secondary N) is 1. The normalized spacial score (nSPS) is 11.9. The molecule has 0 bridgehead atoms. The molecule has 1 N–H and O–H groups in total. The van der Waals surface area contributed by atoms with Crippen LogP contribution < -0.4 is 5.32 Å². The summed E-state index contributed by atoms with van der Waals surface area (Å²) in [4.78, 5) is 12.0. The molecule has 1 amide bonds. The Morgan fingerprint density at radius 1 is 1.20 bits per heavy atom. The van der Waals surface area contributed by atoms with Gasteiger partial charge < -0.3 is 5.32 Å². The van der Waals surface area contributed by atoms with Crippen molar-refractivity contribution in [3.8, 4) is 0 Å². The van der Waals surface area contributed by atoms with E-state index in [-0.39, 0.29) is 11.9 Å². The first-order chi connectivity index (χ1) is 9.56. The molecule has 0 radical (unpaired) electrons. The van der Waals surface area contributed by atoms with Gasteiger partial charge in [0.15, 0.2) is 0 Å². The van der Waals surface area contributed by atoms with Gasteiger partial charge >= 0.3 is 0 Å². The molecule has 0 aromatic heterocycles. The minimum Gasteiger partial charge on any atom is -0.349 e. The van der Waals surface area contributed by atoms with E-state index in [1.165, 1.54) is 0 Å². The highest BCUT2D eigenvalue weighted by Crippen LogP contribution is 2.18. The zero-order chi connectivity index (χ0) is 14.5. The van der Waals surface area contributed by atoms with Crippen molar-refractivity contribution in [2.45, 2.75) is 19.4 Å². The summed E-state index contributed by atoms with van der Waals surface area (Å²) in [5.74, 6) is -0.0338. The summed E-state index contributed by atoms with van der Waals surface area (Å²) in [5, 5.41) is 3.60. The molecule has 0 heterocycles. The van der Waals surface area contributed by atoms with Crippen LogP contribution in [-0.2, 0) is 11.2 Å². The molecule has 104 valence electrons. The summed E-state index contributed by atoms with van der Waals surface area (Å²) in [5.41, 5.74) is 1.91. The first-order valence-corrected chi connectivity index (χ1v) is 7.51. The second kappa shape index (κ2) is 6.91. The fourth-order valence-corrected chi connectivity index (χ4v) is 2.41. The summed E-state index contributed by atoms with van der Waals surface area (Å²) in [6, 6.07) is 15.3. The zero-order valence-electron chi connectivity index (χ0n) is 11.1. The number of hydrogen-bond donors (Lipinski definition) is 1. The molecular formula is C16H15BrClNO. The van der Waals surface area contributed by atoms with Gasteiger partial charge in [0, 0.05) is 9.50 Å². The molecule has 0 saturated carbocycles. The van der Waals surface area contributed by atoms with Crippen molar-refractivity contribution in [1.82, 2.24) is 5.32 Å². The van der Waals surface area contributed by atoms with E-state index in [0.29, 0.717) is 11.4 Å². The SMILES string of the molecule is C[C@H](NC(=O)Cc1ccccc1Cl)c1ccc(Br)cc1. The Bertz CT molecular complexity index is 598. The maximum atomic E-state index is 12.0. The van der Waals surface area contributed by atoms with Crippen LogP contribution in [0.3, 0.4) is 0 Å². The van der Waals surface area contributed by atoms with Crippen molar-refractivity contribution < 1.29 is 4.79 Å². The standard InChI is InChI=1S/C16H15BrClNO/c1-11(12-6-8-14(17)9-7-12)19-16(20)10-13-4-2-3-5-15(13)18/h2-9,11H,10H2,1H3,(H,19,20)/t11-/m0/s1. The fourth-order valence-electron chi connectivity index (χ4n) is 1.94. The Labute approximate surface area is 132 Å². The van der Waals surface area contributed by atoms with Gasteiger partial charge in [0.05, 0.1) is 12.5 Å². The van der Waals surface area contributed by atoms with E-state index in [9.17, 15) is 4.79 Å². The second-order valence-electron chi connectivity index (χ2n) is 4.61. The molecule has 2 aromatic carbocycles. The Balaban J connectivity index is 1.98. The number of carbonyl (C=O) groups excluding carboxylic acids is 1. The van der Waals surface area contributed by atoms with Crippen LogP contribution in [0.4, 0.5) is 0 Å². The predicted octanol–water partition coefficient (Wildman–Crippen LogP) is 4.52. The van der Waals surface area contributed by atoms with E-state index in [1.54, 1.807) is 6.07 Å². The summed E-state index contributed by atoms with van der Waals surface area (Å²) < 4.78 is 1.02. The molecule has 0 spiro atoms. The van der Waals surface area contributed by atoms with Gasteiger partial charge in [0.2, 0.25) is 5.91 Å². The third-order valence-corrected chi connectivity index (χ3v) is 3.95. The van der Waals surface area contributed by atoms with E-state index >= 15 is 0 Å². The topological polar surface area (TPSA) is 29.1 Å². The van der Waals surface area contributed by atoms with Crippen molar-refractivity contribution in [3.05, 3.63) is 69.2 Å². The van der Waals surface area contributed by atoms with Crippen LogP contribution in [0.25, 0.3) is 0 Å². The molecule has 0 unspecified atom stereocenters. The molecule has 0 saturated heterocycles. The summed E-state index contributed by atoms with van der Waals surface area (Å²) in [7, 11) is 0. The Morgan fingerprint density at radius 3 is 2.50 bits per heavy atom. The molecule has 1 atom stereocenters. The van der Waals surface area contributed by atoms with E-state index in [2.05, 4.69) is 21.2 Å². The quantitative estimate of drug-likeness (QED) is 0.861. The fraction of sp³-hybridized carbons (Fsp3) is 0.188. The minimum atomic E-state index is -0.0338. The van der Waals surface area contributed by atoms with Crippen LogP contribution in [-0.4, -0.2) is 5.91 Å². The third-order valence-electron chi connectivity index (χ3n) is 3.06. The molecule has 0 aliphatic carbocycles. The van der Waals surface area contributed by atoms with Gasteiger partial charge in [-0.1, -0.05) is 57.9 Å². The number of halogens is 2. The minimum absolute atomic E-state index is 0.0295. The number of carbonyl (C=O) groups is 1. The highest BCUT2D eigenvalue weighted by molar-refractivity contribution is 9.10. The van der Waals surface area contributed by atoms with Crippen LogP contribution >= 0.6 is 27.5 Å². The van der Waals surface area contributed by atoms with E-state index < -0.39 is 0 Å². The number of hydrogen-bond acceptors (Lipinski definition) is 1. The number of benzene rings is 2. The Hall–Kier alpha value is -1.32. The first kappa shape index (κ1) is 15.1. The monoisotopic (exact) mass is 351 g/mol. The Kier molecular flexibility index (Phi) is 5.21. The smallest absolute Gasteiger partial charge is 0.224 e. The van der Waals surface area contributed by atoms with E-state index in [4.69, 9.17) is 11.6 Å². The molecule has 2 nitrogen and oxygen atoms in total. The second-order valence-corrected chi connectivity index (χ2v) is 5.93. The molecule has 4 heteroatoms. The lowest BCUT2D eigenvalue weighted by molar-refractivity contribution is -0.121. The van der Waals surface area contributed by atoms with Crippen LogP contribution in [0.1, 0.15) is 24.1 Å². The van der Waals surface area contributed by atoms with Gasteiger partial charge in [-0.3, -0.25) is 4.79 Å². The lowest BCUT2D eigenvalue weighted by Crippen LogP contribution is -2.28. The lowest BCUT2D eigenvalue weighted by atomic mass is 10.1. The summed E-state index contributed by atoms with van der Waals surface area (Å²) in [6.07, 6.45) is 0.292. The highest BCUT2D eigenvalue weighted by atomic mass is 79.9. The van der Waals surface area contributed by atoms with Crippen molar-refractivity contribution in [3.63, 3.8) is 0 Å². The van der Waals surface area contributed by atoms with Crippen molar-refractivity contribution in [1.29, 1.82) is 0 Å². The lowest BCUT2D eigenvalue weighted by Gasteiger charge is -2.14. The van der Waals surface area contributed by atoms with Gasteiger partial charge in [-0.25, -0.2) is 0 Å². The predicted molar refractivity (Wildman–Crippen MR) is 85.9 cm³/mol. The molecule has 20 heavy (non-hydrogen) atoms. The van der Waals surface area contributed by atoms with Crippen LogP contribution in [0, 0.1) is 0 Å². The van der Waals surface area contributed by atoms with Crippen LogP contribution in [0.2, 0.25) is 5.02 Å². The molecule has 2 rings (SSSR count). The molecular weight excluding hydrogens is 338 g/mol. The molecule has 0 fully saturated rings. The number of amides is 1. The van der Waals surface area contributed by atoms with Gasteiger partial charge in [-0.05, 0) is 36.2 Å². The summed E-state index contributed by atoms with van der Waals surface area (Å²) in [6.45, 7) is 1.97. The van der Waals surface area contributed by atoms with Crippen molar-refractivity contribution >= 4 is 33.4 Å². The van der Waals surface area contributed by atoms with Gasteiger partial charge in [-0.2, -0.15) is 0 Å². The van der Waals surface area contributed by atoms with Gasteiger partial charge in [-0.15, -0.1) is 0 Å². The summed E-state index contributed by atoms with van der Waals surface area (Å²) >= 11 is 9.45. The molecule has 0 aliphatic heterocycles. The van der Waals surface area contributed by atoms with E-state index in [1.807, 2.05) is 49.4 Å². The molecule has 0 aliphatic rings. The first-order valence-electron chi connectivity index (χ1n) is 6.34. The average Bonchev–Trinajstić information content (AvgIpc) is 2.42. The third kappa shape index (κ3) is 4.09. The van der Waals surface area contributed by atoms with Crippen molar-refractivity contribution in [2.24, 2.45) is 0 Å². The average molecular weight is 353 g/mol. The van der Waals surface area contributed by atoms with Gasteiger partial charge in [0.25, 0.3) is 0 Å². The largest absolute Gasteiger partial charge is 0.349 e. The van der Waals surface area contributed by atoms with Gasteiger partial charge in [0.1, 0.15) is 0 Å². The van der Waals surface area contributed by atoms with Crippen LogP contribution in [0.5, 0.6) is 0 Å². The zero-order valence-corrected chi connectivity index (χ0v) is 13.4. The Morgan fingerprint density at radius 2 is 1.85 bits per heavy atom. The maximum Gasteiger partial charge on any atom is 0.224 e. The van der Waals surface area contributed by atoms with E-state index in [0.717, 1.165) is 15.6 Å². The molecule has 2 aromatic rings. The highest BCUT2D eigenvalue weighted by Gasteiger charge is 2.11. The maximum absolute atomic E-state index is 12.0. The van der Waals surface area contributed by atoms with Crippen molar-refractivity contribution in [2.75, 3.05) is 0 Å². The number of rotatable bonds is 4.